The van der Waals surface area contributed by atoms with Gasteiger partial charge in [0, 0.05) is 59.8 Å². The van der Waals surface area contributed by atoms with Crippen molar-refractivity contribution in [2.75, 3.05) is 16.3 Å². The highest BCUT2D eigenvalue weighted by atomic mass is 127. The van der Waals surface area contributed by atoms with Crippen molar-refractivity contribution in [3.05, 3.63) is 245 Å². The molecule has 0 N–H and O–H groups in total. The van der Waals surface area contributed by atoms with E-state index >= 15 is 0 Å². The van der Waals surface area contributed by atoms with Gasteiger partial charge in [0.05, 0.1) is 45.4 Å². The number of alkyl halides is 2. The van der Waals surface area contributed by atoms with Crippen LogP contribution in [0.25, 0.3) is 62.0 Å². The molecular weight excluding hydrogens is 1420 g/mol. The Morgan fingerprint density at radius 3 is 1.52 bits per heavy atom. The zero-order valence-corrected chi connectivity index (χ0v) is 50.5. The number of para-hydroxylation sites is 3. The number of aromatic nitrogens is 7. The van der Waals surface area contributed by atoms with Gasteiger partial charge in [-0.1, -0.05) is 81.6 Å². The van der Waals surface area contributed by atoms with Gasteiger partial charge >= 0.3 is 0 Å². The number of benzene rings is 3. The Bertz CT molecular complexity index is 4280. The molecule has 7 aromatic heterocycles. The summed E-state index contributed by atoms with van der Waals surface area (Å²) in [6.07, 6.45) is 6.39. The van der Waals surface area contributed by atoms with Crippen molar-refractivity contribution in [3.63, 3.8) is 0 Å². The van der Waals surface area contributed by atoms with Gasteiger partial charge in [-0.3, -0.25) is 43.0 Å². The monoisotopic (exact) mass is 1450 g/mol. The van der Waals surface area contributed by atoms with Crippen molar-refractivity contribution >= 4 is 77.0 Å². The third kappa shape index (κ3) is 12.2. The molecule has 0 saturated carbocycles. The smallest absolute Gasteiger partial charge is 0.269 e. The number of rotatable bonds is 8. The molecule has 0 atom stereocenters. The number of nitrogens with zero attached hydrogens (tertiary/aromatic N) is 8. The highest BCUT2D eigenvalue weighted by molar-refractivity contribution is 14.2. The van der Waals surface area contributed by atoms with Gasteiger partial charge in [0.1, 0.15) is 76.8 Å². The van der Waals surface area contributed by atoms with E-state index in [0.717, 1.165) is 5.56 Å². The SMILES string of the molecule is COCOc1cccnc1-c1cc(Br)c(=O)n(-c2ccccc2F)c1C.ICI.N#Cc1ncccc1-c1cc2c(n(-c3ccccc3F)c1=O)COc1cccnc1-2.O=c1c(Br)cc2c(n1-c1ccccc1F)COc1cccnc1-2. The molecule has 10 aromatic rings. The molecule has 0 saturated heterocycles. The van der Waals surface area contributed by atoms with E-state index in [2.05, 4.69) is 97.0 Å². The summed E-state index contributed by atoms with van der Waals surface area (Å²) in [5, 5.41) is 9.48. The maximum absolute atomic E-state index is 14.7. The van der Waals surface area contributed by atoms with Crippen LogP contribution in [0, 0.1) is 35.7 Å². The summed E-state index contributed by atoms with van der Waals surface area (Å²) in [5.41, 5.74) is 5.41. The van der Waals surface area contributed by atoms with Crippen LogP contribution in [0.3, 0.4) is 0 Å². The topological polar surface area (TPSA) is 178 Å². The molecule has 2 aliphatic heterocycles. The van der Waals surface area contributed by atoms with E-state index in [4.69, 9.17) is 18.9 Å². The normalized spacial score (nSPS) is 11.4. The first-order chi connectivity index (χ1) is 39.8. The van der Waals surface area contributed by atoms with Crippen LogP contribution in [0.4, 0.5) is 13.2 Å². The van der Waals surface area contributed by atoms with Crippen molar-refractivity contribution < 1.29 is 32.1 Å². The average Bonchev–Trinajstić information content (AvgIpc) is 3.65. The molecule has 412 valence electrons. The third-order valence-electron chi connectivity index (χ3n) is 12.6. The number of hydrogen-bond acceptors (Lipinski definition) is 12. The molecule has 2 aliphatic rings. The highest BCUT2D eigenvalue weighted by Crippen LogP contribution is 2.40. The van der Waals surface area contributed by atoms with Gasteiger partial charge in [0.2, 0.25) is 0 Å². The molecule has 82 heavy (non-hydrogen) atoms. The Kier molecular flexibility index (Phi) is 19.2. The number of hydrogen-bond donors (Lipinski definition) is 0. The number of pyridine rings is 7. The predicted octanol–water partition coefficient (Wildman–Crippen LogP) is 13.5. The van der Waals surface area contributed by atoms with E-state index in [9.17, 15) is 32.8 Å². The largest absolute Gasteiger partial charge is 0.485 e. The van der Waals surface area contributed by atoms with Gasteiger partial charge in [-0.15, -0.1) is 0 Å². The summed E-state index contributed by atoms with van der Waals surface area (Å²) in [5.74, 6) is 0.216. The number of fused-ring (bicyclic) bond motifs is 6. The van der Waals surface area contributed by atoms with Crippen molar-refractivity contribution in [2.45, 2.75) is 20.1 Å². The van der Waals surface area contributed by atoms with E-state index < -0.39 is 23.0 Å². The molecule has 3 aromatic carbocycles. The molecule has 0 fully saturated rings. The summed E-state index contributed by atoms with van der Waals surface area (Å²) < 4.78 is 71.1. The summed E-state index contributed by atoms with van der Waals surface area (Å²) in [6, 6.07) is 39.4. The van der Waals surface area contributed by atoms with Gasteiger partial charge < -0.3 is 18.9 Å². The Balaban J connectivity index is 0.000000146. The Morgan fingerprint density at radius 1 is 0.561 bits per heavy atom. The van der Waals surface area contributed by atoms with Gasteiger partial charge in [0.25, 0.3) is 16.7 Å². The molecule has 15 nitrogen and oxygen atoms in total. The number of nitriles is 1. The number of halogens is 7. The highest BCUT2D eigenvalue weighted by Gasteiger charge is 2.28. The Labute approximate surface area is 510 Å². The number of ether oxygens (including phenoxy) is 4. The van der Waals surface area contributed by atoms with E-state index in [1.54, 1.807) is 135 Å². The molecule has 22 heteroatoms. The lowest BCUT2D eigenvalue weighted by molar-refractivity contribution is 0.0513. The quantitative estimate of drug-likeness (QED) is 0.0800. The molecule has 0 radical (unpaired) electrons. The van der Waals surface area contributed by atoms with Crippen LogP contribution in [0.5, 0.6) is 17.2 Å². The van der Waals surface area contributed by atoms with Gasteiger partial charge in [-0.2, -0.15) is 5.26 Å². The van der Waals surface area contributed by atoms with E-state index in [1.807, 2.05) is 12.1 Å². The van der Waals surface area contributed by atoms with Crippen LogP contribution >= 0.6 is 77.0 Å². The fraction of sp³-hybridized carbons (Fsp3) is 0.100. The molecule has 0 bridgehead atoms. The first kappa shape index (κ1) is 58.8. The molecule has 0 spiro atoms. The van der Waals surface area contributed by atoms with Gasteiger partial charge in [0.15, 0.2) is 6.79 Å². The van der Waals surface area contributed by atoms with Crippen molar-refractivity contribution in [1.82, 2.24) is 33.6 Å². The predicted molar refractivity (Wildman–Crippen MR) is 328 cm³/mol. The fourth-order valence-electron chi connectivity index (χ4n) is 9.03. The maximum atomic E-state index is 14.7. The third-order valence-corrected chi connectivity index (χ3v) is 13.7. The van der Waals surface area contributed by atoms with Crippen LogP contribution in [0.15, 0.2) is 188 Å². The van der Waals surface area contributed by atoms with Crippen LogP contribution in [-0.4, -0.2) is 50.0 Å². The molecular formula is C60H41Br2F3I2N8O7. The lowest BCUT2D eigenvalue weighted by Gasteiger charge is -2.24. The second kappa shape index (κ2) is 26.8. The lowest BCUT2D eigenvalue weighted by Crippen LogP contribution is -2.28. The first-order valence-electron chi connectivity index (χ1n) is 24.4. The standard InChI is InChI=1S/C23H13FN4O2.C19H16BrFN2O3.C17H10BrFN2O2.CH2I2/c24-17-6-1-2-7-19(17)28-20-13-30-21-8-4-10-27-22(21)16(20)11-15(23(28)29)14-5-3-9-26-18(14)12-25;1-12-13(18-17(26-11-25-2)8-5-9-22-18)10-14(20)19(24)23(12)16-7-4-3-6-15(16)21;18-11-8-10-14(9-23-15-6-3-7-20-16(10)15)21(17(11)22)13-5-2-1-4-12(13)19;2-1-3/h1-11H,13H2;3-10H,11H2,1-2H3;1-8H,9H2;1H2. The fourth-order valence-corrected chi connectivity index (χ4v) is 9.84. The van der Waals surface area contributed by atoms with Crippen LogP contribution in [0.1, 0.15) is 22.8 Å². The lowest BCUT2D eigenvalue weighted by atomic mass is 9.98. The van der Waals surface area contributed by atoms with Crippen molar-refractivity contribution in [3.8, 4) is 85.3 Å². The van der Waals surface area contributed by atoms with Crippen molar-refractivity contribution in [1.29, 1.82) is 5.26 Å². The van der Waals surface area contributed by atoms with Gasteiger partial charge in [-0.25, -0.2) is 18.2 Å². The zero-order valence-electron chi connectivity index (χ0n) is 43.0. The van der Waals surface area contributed by atoms with Crippen molar-refractivity contribution in [2.24, 2.45) is 0 Å². The van der Waals surface area contributed by atoms with Crippen LogP contribution < -0.4 is 30.9 Å². The maximum Gasteiger partial charge on any atom is 0.269 e. The van der Waals surface area contributed by atoms with E-state index in [1.165, 1.54) is 53.7 Å². The summed E-state index contributed by atoms with van der Waals surface area (Å²) in [4.78, 5) is 56.0. The second-order valence-electron chi connectivity index (χ2n) is 17.3. The molecule has 0 unspecified atom stereocenters. The van der Waals surface area contributed by atoms with E-state index in [0.29, 0.717) is 77.0 Å². The average molecular weight is 1460 g/mol. The Hall–Kier alpha value is -7.83. The van der Waals surface area contributed by atoms with Crippen LogP contribution in [0.2, 0.25) is 0 Å². The molecule has 9 heterocycles. The Morgan fingerprint density at radius 2 is 1.00 bits per heavy atom. The summed E-state index contributed by atoms with van der Waals surface area (Å²) >= 11 is 11.1. The molecule has 12 rings (SSSR count). The minimum absolute atomic E-state index is 0.0614. The molecule has 0 amide bonds. The summed E-state index contributed by atoms with van der Waals surface area (Å²) in [6.45, 7) is 2.05. The number of methoxy groups -OCH3 is 1. The molecule has 0 aliphatic carbocycles. The van der Waals surface area contributed by atoms with Gasteiger partial charge in [-0.05, 0) is 142 Å². The summed E-state index contributed by atoms with van der Waals surface area (Å²) in [7, 11) is 1.52. The first-order valence-corrected chi connectivity index (χ1v) is 29.1. The minimum Gasteiger partial charge on any atom is -0.485 e. The zero-order chi connectivity index (χ0) is 58.0. The van der Waals surface area contributed by atoms with Crippen LogP contribution in [-0.2, 0) is 18.0 Å². The van der Waals surface area contributed by atoms with E-state index in [-0.39, 0.29) is 59.4 Å². The second-order valence-corrected chi connectivity index (χ2v) is 23.5. The minimum atomic E-state index is -0.544.